The quantitative estimate of drug-likeness (QED) is 0.307. The summed E-state index contributed by atoms with van der Waals surface area (Å²) >= 11 is 13.0. The third-order valence-electron chi connectivity index (χ3n) is 6.46. The Morgan fingerprint density at radius 2 is 1.86 bits per heavy atom. The Labute approximate surface area is 212 Å². The predicted molar refractivity (Wildman–Crippen MR) is 137 cm³/mol. The van der Waals surface area contributed by atoms with Gasteiger partial charge in [-0.15, -0.1) is 0 Å². The lowest BCUT2D eigenvalue weighted by Gasteiger charge is -2.36. The molecule has 0 saturated carbocycles. The van der Waals surface area contributed by atoms with Crippen LogP contribution in [0.3, 0.4) is 0 Å². The van der Waals surface area contributed by atoms with Gasteiger partial charge >= 0.3 is 5.97 Å². The number of halogens is 2. The van der Waals surface area contributed by atoms with Gasteiger partial charge in [-0.25, -0.2) is 4.79 Å². The zero-order chi connectivity index (χ0) is 24.7. The number of aromatic hydroxyl groups is 1. The smallest absolute Gasteiger partial charge is 0.342 e. The number of ether oxygens (including phenoxy) is 2. The number of hydrogen-bond donors (Lipinski definition) is 1. The molecule has 5 rings (SSSR count). The molecular weight excluding hydrogens is 489 g/mol. The molecule has 1 aliphatic heterocycles. The average molecular weight is 514 g/mol. The number of fused-ring (bicyclic) bond motifs is 3. The Kier molecular flexibility index (Phi) is 6.64. The van der Waals surface area contributed by atoms with Gasteiger partial charge in [0.15, 0.2) is 0 Å². The van der Waals surface area contributed by atoms with E-state index < -0.39 is 12.0 Å². The van der Waals surface area contributed by atoms with Crippen molar-refractivity contribution in [1.82, 2.24) is 4.90 Å². The van der Waals surface area contributed by atoms with Crippen molar-refractivity contribution in [3.63, 3.8) is 0 Å². The minimum absolute atomic E-state index is 0.0713. The van der Waals surface area contributed by atoms with Gasteiger partial charge < -0.3 is 19.0 Å². The van der Waals surface area contributed by atoms with Crippen LogP contribution in [0.15, 0.2) is 46.9 Å². The molecule has 6 nitrogen and oxygen atoms in total. The molecule has 1 aromatic heterocycles. The second-order valence-electron chi connectivity index (χ2n) is 8.48. The highest BCUT2D eigenvalue weighted by molar-refractivity contribution is 6.35. The SMILES string of the molecule is CCOC(=O)c1c(C)oc2c1c(C(c1ccc(Cl)cc1Cl)N1CCOCC1)c(O)c1ccccc12. The zero-order valence-corrected chi connectivity index (χ0v) is 20.9. The summed E-state index contributed by atoms with van der Waals surface area (Å²) in [6, 6.07) is 12.3. The van der Waals surface area contributed by atoms with E-state index in [4.69, 9.17) is 37.1 Å². The minimum atomic E-state index is -0.498. The fourth-order valence-corrected chi connectivity index (χ4v) is 5.46. The molecule has 0 bridgehead atoms. The number of aryl methyl sites for hydroxylation is 1. The number of phenolic OH excluding ortho intramolecular Hbond substituents is 1. The first kappa shape index (κ1) is 23.9. The zero-order valence-electron chi connectivity index (χ0n) is 19.4. The van der Waals surface area contributed by atoms with Crippen molar-refractivity contribution in [3.8, 4) is 5.75 Å². The summed E-state index contributed by atoms with van der Waals surface area (Å²) in [7, 11) is 0. The fourth-order valence-electron chi connectivity index (χ4n) is 4.95. The maximum absolute atomic E-state index is 13.1. The molecular formula is C27H25Cl2NO5. The van der Waals surface area contributed by atoms with Crippen LogP contribution in [0.4, 0.5) is 0 Å². The van der Waals surface area contributed by atoms with Crippen LogP contribution in [-0.2, 0) is 9.47 Å². The average Bonchev–Trinajstić information content (AvgIpc) is 3.20. The summed E-state index contributed by atoms with van der Waals surface area (Å²) in [4.78, 5) is 15.3. The first-order valence-electron chi connectivity index (χ1n) is 11.5. The molecule has 4 aromatic rings. The second kappa shape index (κ2) is 9.70. The van der Waals surface area contributed by atoms with Crippen LogP contribution in [0.1, 0.15) is 40.2 Å². The van der Waals surface area contributed by atoms with Crippen LogP contribution in [0, 0.1) is 6.92 Å². The third kappa shape index (κ3) is 4.15. The van der Waals surface area contributed by atoms with Crippen LogP contribution in [0.2, 0.25) is 10.0 Å². The molecule has 1 aliphatic rings. The van der Waals surface area contributed by atoms with Gasteiger partial charge in [-0.1, -0.05) is 53.5 Å². The molecule has 8 heteroatoms. The highest BCUT2D eigenvalue weighted by atomic mass is 35.5. The molecule has 0 radical (unpaired) electrons. The maximum Gasteiger partial charge on any atom is 0.342 e. The molecule has 3 aromatic carbocycles. The lowest BCUT2D eigenvalue weighted by atomic mass is 9.88. The largest absolute Gasteiger partial charge is 0.507 e. The summed E-state index contributed by atoms with van der Waals surface area (Å²) in [6.07, 6.45) is 0. The lowest BCUT2D eigenvalue weighted by Crippen LogP contribution is -2.39. The fraction of sp³-hybridized carbons (Fsp3) is 0.296. The molecule has 35 heavy (non-hydrogen) atoms. The van der Waals surface area contributed by atoms with Crippen LogP contribution >= 0.6 is 23.2 Å². The van der Waals surface area contributed by atoms with Crippen molar-refractivity contribution in [1.29, 1.82) is 0 Å². The number of nitrogens with zero attached hydrogens (tertiary/aromatic N) is 1. The van der Waals surface area contributed by atoms with E-state index in [1.165, 1.54) is 0 Å². The minimum Gasteiger partial charge on any atom is -0.507 e. The molecule has 1 saturated heterocycles. The van der Waals surface area contributed by atoms with E-state index in [2.05, 4.69) is 4.90 Å². The summed E-state index contributed by atoms with van der Waals surface area (Å²) in [5, 5.41) is 14.6. The lowest BCUT2D eigenvalue weighted by molar-refractivity contribution is 0.0238. The van der Waals surface area contributed by atoms with E-state index in [1.807, 2.05) is 30.3 Å². The van der Waals surface area contributed by atoms with Gasteiger partial charge in [-0.05, 0) is 31.5 Å². The second-order valence-corrected chi connectivity index (χ2v) is 9.33. The molecule has 1 atom stereocenters. The van der Waals surface area contributed by atoms with Crippen molar-refractivity contribution in [3.05, 3.63) is 75.0 Å². The summed E-state index contributed by atoms with van der Waals surface area (Å²) in [6.45, 7) is 6.01. The molecule has 2 heterocycles. The summed E-state index contributed by atoms with van der Waals surface area (Å²) in [5.41, 5.74) is 2.14. The first-order chi connectivity index (χ1) is 16.9. The normalized spacial score (nSPS) is 15.5. The Bertz CT molecular complexity index is 1420. The molecule has 182 valence electrons. The van der Waals surface area contributed by atoms with E-state index in [0.29, 0.717) is 75.0 Å². The van der Waals surface area contributed by atoms with E-state index in [9.17, 15) is 9.90 Å². The number of benzene rings is 3. The van der Waals surface area contributed by atoms with Gasteiger partial charge in [0.2, 0.25) is 0 Å². The number of morpholine rings is 1. The molecule has 0 spiro atoms. The number of esters is 1. The number of furan rings is 1. The van der Waals surface area contributed by atoms with Gasteiger partial charge in [0, 0.05) is 44.9 Å². The maximum atomic E-state index is 13.1. The van der Waals surface area contributed by atoms with Crippen LogP contribution in [-0.4, -0.2) is 48.9 Å². The van der Waals surface area contributed by atoms with Crippen molar-refractivity contribution >= 4 is 50.9 Å². The Morgan fingerprint density at radius 1 is 1.14 bits per heavy atom. The van der Waals surface area contributed by atoms with Gasteiger partial charge in [-0.3, -0.25) is 4.90 Å². The third-order valence-corrected chi connectivity index (χ3v) is 7.02. The van der Waals surface area contributed by atoms with Gasteiger partial charge in [0.05, 0.1) is 25.9 Å². The van der Waals surface area contributed by atoms with E-state index in [0.717, 1.165) is 5.56 Å². The van der Waals surface area contributed by atoms with Crippen molar-refractivity contribution in [2.24, 2.45) is 0 Å². The Morgan fingerprint density at radius 3 is 2.54 bits per heavy atom. The molecule has 1 N–H and O–H groups in total. The molecule has 1 fully saturated rings. The number of hydrogen-bond acceptors (Lipinski definition) is 6. The van der Waals surface area contributed by atoms with Crippen molar-refractivity contribution < 1.29 is 23.8 Å². The topological polar surface area (TPSA) is 72.1 Å². The van der Waals surface area contributed by atoms with Crippen LogP contribution in [0.5, 0.6) is 5.75 Å². The van der Waals surface area contributed by atoms with E-state index >= 15 is 0 Å². The Hall–Kier alpha value is -2.77. The first-order valence-corrected chi connectivity index (χ1v) is 12.3. The monoisotopic (exact) mass is 513 g/mol. The van der Waals surface area contributed by atoms with Gasteiger partial charge in [0.25, 0.3) is 0 Å². The van der Waals surface area contributed by atoms with Crippen LogP contribution < -0.4 is 0 Å². The predicted octanol–water partition coefficient (Wildman–Crippen LogP) is 6.51. The van der Waals surface area contributed by atoms with Crippen LogP contribution in [0.25, 0.3) is 21.7 Å². The number of carbonyl (C=O) groups is 1. The summed E-state index contributed by atoms with van der Waals surface area (Å²) in [5.74, 6) is 0.00273. The summed E-state index contributed by atoms with van der Waals surface area (Å²) < 4.78 is 17.2. The number of rotatable bonds is 5. The van der Waals surface area contributed by atoms with Gasteiger partial charge in [-0.2, -0.15) is 0 Å². The molecule has 0 aliphatic carbocycles. The standard InChI is InChI=1S/C27H25Cl2NO5/c1-3-34-27(32)21-15(2)35-26-18-7-5-4-6-17(18)25(31)23(22(21)26)24(30-10-12-33-13-11-30)19-9-8-16(28)14-20(19)29/h4-9,14,24,31H,3,10-13H2,1-2H3. The highest BCUT2D eigenvalue weighted by Gasteiger charge is 2.35. The highest BCUT2D eigenvalue weighted by Crippen LogP contribution is 2.48. The van der Waals surface area contributed by atoms with Crippen molar-refractivity contribution in [2.75, 3.05) is 32.9 Å². The van der Waals surface area contributed by atoms with E-state index in [1.54, 1.807) is 26.0 Å². The van der Waals surface area contributed by atoms with Crippen molar-refractivity contribution in [2.45, 2.75) is 19.9 Å². The molecule has 0 amide bonds. The number of phenols is 1. The Balaban J connectivity index is 1.91. The number of carbonyl (C=O) groups excluding carboxylic acids is 1. The van der Waals surface area contributed by atoms with E-state index in [-0.39, 0.29) is 12.4 Å². The van der Waals surface area contributed by atoms with Gasteiger partial charge in [0.1, 0.15) is 22.7 Å². The molecule has 1 unspecified atom stereocenters.